The van der Waals surface area contributed by atoms with E-state index in [1.54, 1.807) is 13.0 Å². The minimum atomic E-state index is -0.952. The molecule has 2 aromatic heterocycles. The number of nitrogens with zero attached hydrogens (tertiary/aromatic N) is 5. The van der Waals surface area contributed by atoms with E-state index in [-0.39, 0.29) is 53.0 Å². The Kier molecular flexibility index (Phi) is 8.29. The number of hydrogen-bond acceptors (Lipinski definition) is 9. The zero-order valence-corrected chi connectivity index (χ0v) is 26.4. The number of hydrogen-bond donors (Lipinski definition) is 2. The van der Waals surface area contributed by atoms with Gasteiger partial charge in [-0.2, -0.15) is 9.97 Å². The lowest BCUT2D eigenvalue weighted by Crippen LogP contribution is -2.43. The summed E-state index contributed by atoms with van der Waals surface area (Å²) in [7, 11) is 1.53. The lowest BCUT2D eigenvalue weighted by molar-refractivity contribution is -0.131. The van der Waals surface area contributed by atoms with Crippen LogP contribution >= 0.6 is 0 Å². The van der Waals surface area contributed by atoms with Gasteiger partial charge in [0.25, 0.3) is 5.91 Å². The topological polar surface area (TPSA) is 113 Å². The van der Waals surface area contributed by atoms with E-state index in [1.807, 2.05) is 4.90 Å². The molecule has 7 rings (SSSR count). The first-order chi connectivity index (χ1) is 22.7. The van der Waals surface area contributed by atoms with Crippen molar-refractivity contribution in [2.24, 2.45) is 0 Å². The largest absolute Gasteiger partial charge is 0.508 e. The summed E-state index contributed by atoms with van der Waals surface area (Å²) in [4.78, 5) is 30.3. The molecule has 1 unspecified atom stereocenters. The van der Waals surface area contributed by atoms with Crippen LogP contribution in [0.4, 0.5) is 19.0 Å². The van der Waals surface area contributed by atoms with E-state index in [0.29, 0.717) is 61.1 Å². The van der Waals surface area contributed by atoms with Gasteiger partial charge in [-0.05, 0) is 66.8 Å². The minimum Gasteiger partial charge on any atom is -0.508 e. The molecule has 0 bridgehead atoms. The monoisotopic (exact) mass is 650 g/mol. The molecule has 3 aliphatic heterocycles. The Morgan fingerprint density at radius 2 is 2.04 bits per heavy atom. The van der Waals surface area contributed by atoms with Crippen molar-refractivity contribution in [3.63, 3.8) is 0 Å². The summed E-state index contributed by atoms with van der Waals surface area (Å²) < 4.78 is 58.3. The fraction of sp³-hybridized carbons (Fsp3) is 0.471. The highest BCUT2D eigenvalue weighted by Crippen LogP contribution is 2.42. The molecule has 13 heteroatoms. The molecule has 5 heterocycles. The number of benzene rings is 2. The first kappa shape index (κ1) is 31.4. The molecule has 47 heavy (non-hydrogen) atoms. The van der Waals surface area contributed by atoms with Crippen LogP contribution in [0.5, 0.6) is 11.8 Å². The third kappa shape index (κ3) is 5.58. The SMILES string of the molecule is CCc1c(F)ccc2cc(O)cc(-c3ncc4c(N5CCCOC(C(=O)NC)C5)nc(OC[C@@]56CCCN5C[C@H](F)C6)nc4c3F)c12. The fourth-order valence-electron chi connectivity index (χ4n) is 7.53. The van der Waals surface area contributed by atoms with Gasteiger partial charge >= 0.3 is 6.01 Å². The van der Waals surface area contributed by atoms with Gasteiger partial charge in [-0.3, -0.25) is 14.7 Å². The van der Waals surface area contributed by atoms with E-state index in [4.69, 9.17) is 14.5 Å². The molecule has 0 radical (unpaired) electrons. The van der Waals surface area contributed by atoms with Crippen molar-refractivity contribution in [2.45, 2.75) is 56.8 Å². The van der Waals surface area contributed by atoms with Crippen molar-refractivity contribution in [1.82, 2.24) is 25.2 Å². The highest BCUT2D eigenvalue weighted by molar-refractivity contribution is 6.01. The van der Waals surface area contributed by atoms with Crippen LogP contribution in [0.15, 0.2) is 30.5 Å². The molecule has 3 fully saturated rings. The van der Waals surface area contributed by atoms with Gasteiger partial charge in [-0.15, -0.1) is 0 Å². The maximum absolute atomic E-state index is 16.9. The van der Waals surface area contributed by atoms with Gasteiger partial charge < -0.3 is 24.8 Å². The Hall–Kier alpha value is -4.23. The molecule has 3 saturated heterocycles. The lowest BCUT2D eigenvalue weighted by Gasteiger charge is -2.31. The van der Waals surface area contributed by atoms with Crippen LogP contribution in [0, 0.1) is 11.6 Å². The average molecular weight is 651 g/mol. The number of carbonyl (C=O) groups excluding carboxylic acids is 1. The van der Waals surface area contributed by atoms with Gasteiger partial charge in [0.2, 0.25) is 0 Å². The van der Waals surface area contributed by atoms with E-state index >= 15 is 4.39 Å². The predicted molar refractivity (Wildman–Crippen MR) is 170 cm³/mol. The highest BCUT2D eigenvalue weighted by Gasteiger charge is 2.49. The molecular formula is C34H37F3N6O4. The zero-order valence-electron chi connectivity index (χ0n) is 26.4. The third-order valence-corrected chi connectivity index (χ3v) is 9.75. The van der Waals surface area contributed by atoms with Crippen LogP contribution in [0.1, 0.15) is 38.2 Å². The van der Waals surface area contributed by atoms with Crippen molar-refractivity contribution in [3.8, 4) is 23.0 Å². The highest BCUT2D eigenvalue weighted by atomic mass is 19.1. The molecule has 248 valence electrons. The van der Waals surface area contributed by atoms with Gasteiger partial charge in [0.15, 0.2) is 11.9 Å². The van der Waals surface area contributed by atoms with E-state index < -0.39 is 29.4 Å². The minimum absolute atomic E-state index is 0.0850. The molecular weight excluding hydrogens is 613 g/mol. The number of alkyl halides is 1. The number of phenolic OH excluding ortho intramolecular Hbond substituents is 1. The Balaban J connectivity index is 1.38. The van der Waals surface area contributed by atoms with E-state index in [0.717, 1.165) is 19.4 Å². The lowest BCUT2D eigenvalue weighted by atomic mass is 9.94. The number of nitrogens with one attached hydrogen (secondary N) is 1. The summed E-state index contributed by atoms with van der Waals surface area (Å²) in [5, 5.41) is 14.5. The number of aryl methyl sites for hydroxylation is 1. The number of likely N-dealkylation sites (N-methyl/N-ethyl adjacent to an activating group) is 1. The van der Waals surface area contributed by atoms with Crippen LogP contribution in [-0.2, 0) is 16.0 Å². The van der Waals surface area contributed by atoms with Crippen molar-refractivity contribution in [2.75, 3.05) is 51.3 Å². The van der Waals surface area contributed by atoms with Crippen molar-refractivity contribution in [3.05, 3.63) is 47.7 Å². The molecule has 2 N–H and O–H groups in total. The number of amides is 1. The number of pyridine rings is 1. The van der Waals surface area contributed by atoms with Gasteiger partial charge in [0.1, 0.15) is 41.4 Å². The van der Waals surface area contributed by atoms with Gasteiger partial charge in [-0.25, -0.2) is 13.2 Å². The normalized spacial score (nSPS) is 23.3. The molecule has 0 aliphatic carbocycles. The van der Waals surface area contributed by atoms with Crippen LogP contribution in [-0.4, -0.2) is 95.1 Å². The van der Waals surface area contributed by atoms with Gasteiger partial charge in [0.05, 0.1) is 17.5 Å². The molecule has 1 amide bonds. The summed E-state index contributed by atoms with van der Waals surface area (Å²) in [5.41, 5.74) is -0.0888. The van der Waals surface area contributed by atoms with Gasteiger partial charge in [0, 0.05) is 44.9 Å². The number of rotatable bonds is 7. The Morgan fingerprint density at radius 3 is 2.85 bits per heavy atom. The predicted octanol–water partition coefficient (Wildman–Crippen LogP) is 4.69. The summed E-state index contributed by atoms with van der Waals surface area (Å²) in [6.07, 6.45) is 2.67. The van der Waals surface area contributed by atoms with E-state index in [1.165, 1.54) is 31.4 Å². The number of fused-ring (bicyclic) bond motifs is 3. The van der Waals surface area contributed by atoms with E-state index in [9.17, 15) is 18.7 Å². The third-order valence-electron chi connectivity index (χ3n) is 9.75. The molecule has 0 saturated carbocycles. The summed E-state index contributed by atoms with van der Waals surface area (Å²) in [6, 6.07) is 5.66. The van der Waals surface area contributed by atoms with Gasteiger partial charge in [-0.1, -0.05) is 13.0 Å². The van der Waals surface area contributed by atoms with E-state index in [2.05, 4.69) is 20.2 Å². The Morgan fingerprint density at radius 1 is 1.19 bits per heavy atom. The van der Waals surface area contributed by atoms with Crippen molar-refractivity contribution >= 4 is 33.4 Å². The number of halogens is 3. The molecule has 10 nitrogen and oxygen atoms in total. The summed E-state index contributed by atoms with van der Waals surface area (Å²) in [6.45, 7) is 4.03. The second-order valence-electron chi connectivity index (χ2n) is 12.6. The van der Waals surface area contributed by atoms with Crippen LogP contribution in [0.3, 0.4) is 0 Å². The van der Waals surface area contributed by atoms with Crippen LogP contribution < -0.4 is 15.0 Å². The molecule has 3 atom stereocenters. The summed E-state index contributed by atoms with van der Waals surface area (Å²) >= 11 is 0. The number of ether oxygens (including phenoxy) is 2. The maximum Gasteiger partial charge on any atom is 0.319 e. The number of aromatic hydroxyl groups is 1. The molecule has 0 spiro atoms. The average Bonchev–Trinajstić information content (AvgIpc) is 3.47. The first-order valence-corrected chi connectivity index (χ1v) is 16.1. The maximum atomic E-state index is 16.9. The Bertz CT molecular complexity index is 1860. The van der Waals surface area contributed by atoms with Crippen LogP contribution in [0.25, 0.3) is 32.9 Å². The second kappa shape index (κ2) is 12.4. The quantitative estimate of drug-likeness (QED) is 0.294. The van der Waals surface area contributed by atoms with Crippen molar-refractivity contribution < 1.29 is 32.5 Å². The first-order valence-electron chi connectivity index (χ1n) is 16.1. The zero-order chi connectivity index (χ0) is 32.9. The fourth-order valence-corrected chi connectivity index (χ4v) is 7.53. The number of aromatic nitrogens is 3. The van der Waals surface area contributed by atoms with Crippen molar-refractivity contribution in [1.29, 1.82) is 0 Å². The Labute approximate surface area is 269 Å². The van der Waals surface area contributed by atoms with Crippen LogP contribution in [0.2, 0.25) is 0 Å². The summed E-state index contributed by atoms with van der Waals surface area (Å²) in [5.74, 6) is -1.34. The smallest absolute Gasteiger partial charge is 0.319 e. The number of phenols is 1. The second-order valence-corrected chi connectivity index (χ2v) is 12.6. The molecule has 2 aromatic carbocycles. The standard InChI is InChI=1S/C34H37F3N6O4/c1-3-22-25(36)7-6-19-12-21(44)13-23(27(19)22)29-28(37)30-24(15-39-29)31(42-9-5-11-46-26(17-42)32(45)38-2)41-33(40-30)47-18-34-8-4-10-43(34)16-20(35)14-34/h6-7,12-13,15,20,26,44H,3-5,8-11,14,16-18H2,1-2H3,(H,38,45)/t20-,26?,34+/m1/s1. The number of anilines is 1. The molecule has 3 aliphatic rings. The number of carbonyl (C=O) groups is 1. The molecule has 4 aromatic rings.